The minimum atomic E-state index is -4.86. The third kappa shape index (κ3) is 5.15. The lowest BCUT2D eigenvalue weighted by atomic mass is 10.2. The third-order valence-electron chi connectivity index (χ3n) is 9.51. The molecule has 0 spiro atoms. The number of aromatic nitrogens is 11. The number of imidazole rings is 2. The molecular formula is C39H32F3N13. The Labute approximate surface area is 310 Å². The molecule has 10 rings (SSSR count). The number of fused-ring (bicyclic) bond motifs is 2. The molecule has 0 saturated carbocycles. The molecule has 0 aliphatic rings. The van der Waals surface area contributed by atoms with Gasteiger partial charge in [-0.2, -0.15) is 33.1 Å². The van der Waals surface area contributed by atoms with E-state index in [0.717, 1.165) is 22.7 Å². The number of anilines is 2. The van der Waals surface area contributed by atoms with E-state index in [0.29, 0.717) is 50.0 Å². The van der Waals surface area contributed by atoms with Crippen LogP contribution in [0.4, 0.5) is 24.5 Å². The average molecular weight is 740 g/mol. The highest BCUT2D eigenvalue weighted by Gasteiger charge is 2.37. The lowest BCUT2D eigenvalue weighted by Gasteiger charge is -2.18. The van der Waals surface area contributed by atoms with E-state index in [1.165, 1.54) is 4.40 Å². The van der Waals surface area contributed by atoms with Crippen LogP contribution in [0.2, 0.25) is 0 Å². The molecule has 0 atom stereocenters. The van der Waals surface area contributed by atoms with Gasteiger partial charge in [-0.05, 0) is 88.4 Å². The Kier molecular flexibility index (Phi) is 6.99. The molecule has 274 valence electrons. The van der Waals surface area contributed by atoms with Crippen LogP contribution < -0.4 is 10.6 Å². The molecule has 2 N–H and O–H groups in total. The lowest BCUT2D eigenvalue weighted by Crippen LogP contribution is -2.17. The van der Waals surface area contributed by atoms with Crippen molar-refractivity contribution in [2.24, 2.45) is 0 Å². The largest absolute Gasteiger partial charge is 0.451 e. The van der Waals surface area contributed by atoms with E-state index in [4.69, 9.17) is 19.9 Å². The van der Waals surface area contributed by atoms with Crippen molar-refractivity contribution in [1.29, 1.82) is 0 Å². The Hall–Kier alpha value is -6.97. The van der Waals surface area contributed by atoms with E-state index in [-0.39, 0.29) is 23.6 Å². The smallest absolute Gasteiger partial charge is 0.381 e. The maximum atomic E-state index is 14.5. The van der Waals surface area contributed by atoms with Gasteiger partial charge in [0, 0.05) is 59.0 Å². The fourth-order valence-electron chi connectivity index (χ4n) is 7.37. The van der Waals surface area contributed by atoms with Gasteiger partial charge in [-0.3, -0.25) is 9.13 Å². The van der Waals surface area contributed by atoms with Crippen molar-refractivity contribution in [3.05, 3.63) is 104 Å². The van der Waals surface area contributed by atoms with E-state index in [1.807, 2.05) is 122 Å². The summed E-state index contributed by atoms with van der Waals surface area (Å²) in [6.45, 7) is 8.15. The molecule has 10 aromatic rings. The molecule has 0 amide bonds. The number of alkyl halides is 3. The summed E-state index contributed by atoms with van der Waals surface area (Å²) >= 11 is 0. The summed E-state index contributed by atoms with van der Waals surface area (Å²) in [5, 5.41) is 8.38. The van der Waals surface area contributed by atoms with Gasteiger partial charge in [-0.15, -0.1) is 0 Å². The Morgan fingerprint density at radius 3 is 1.42 bits per heavy atom. The van der Waals surface area contributed by atoms with Crippen molar-refractivity contribution in [1.82, 2.24) is 52.6 Å². The molecule has 0 radical (unpaired) electrons. The molecule has 7 aromatic heterocycles. The fourth-order valence-corrected chi connectivity index (χ4v) is 7.37. The van der Waals surface area contributed by atoms with Crippen molar-refractivity contribution in [3.8, 4) is 23.0 Å². The van der Waals surface area contributed by atoms with Crippen molar-refractivity contribution in [3.63, 3.8) is 0 Å². The van der Waals surface area contributed by atoms with Crippen LogP contribution in [-0.2, 0) is 6.18 Å². The maximum absolute atomic E-state index is 14.5. The summed E-state index contributed by atoms with van der Waals surface area (Å²) in [5.74, 6) is -1.03. The zero-order chi connectivity index (χ0) is 37.7. The Balaban J connectivity index is 1.26. The first-order chi connectivity index (χ1) is 26.5. The summed E-state index contributed by atoms with van der Waals surface area (Å²) < 4.78 is 52.5. The van der Waals surface area contributed by atoms with Gasteiger partial charge in [0.25, 0.3) is 0 Å². The van der Waals surface area contributed by atoms with Crippen LogP contribution in [-0.4, -0.2) is 64.7 Å². The first-order valence-electron chi connectivity index (χ1n) is 17.7. The quantitative estimate of drug-likeness (QED) is 0.160. The van der Waals surface area contributed by atoms with Crippen LogP contribution in [0.15, 0.2) is 98.1 Å². The molecular weight excluding hydrogens is 708 g/mol. The number of rotatable bonds is 8. The number of halogens is 3. The van der Waals surface area contributed by atoms with Gasteiger partial charge in [-0.25, -0.2) is 14.4 Å². The second-order valence-corrected chi connectivity index (χ2v) is 14.1. The highest BCUT2D eigenvalue weighted by atomic mass is 19.4. The molecule has 0 bridgehead atoms. The highest BCUT2D eigenvalue weighted by Crippen LogP contribution is 2.39. The SMILES string of the molecule is CC(C)Nc1cc(-n2cccc2)cc2ncn(-c3nc4nc(C(F)(F)F)nc5nc(-n6cnc7cc(-n8cccc8)cc(NC(C)C)c76)c6ccc3c6n45)c12. The zero-order valence-electron chi connectivity index (χ0n) is 29.9. The van der Waals surface area contributed by atoms with Gasteiger partial charge < -0.3 is 19.8 Å². The first kappa shape index (κ1) is 32.7. The van der Waals surface area contributed by atoms with Crippen molar-refractivity contribution in [2.75, 3.05) is 10.6 Å². The third-order valence-corrected chi connectivity index (χ3v) is 9.51. The number of nitrogens with one attached hydrogen (secondary N) is 2. The lowest BCUT2D eigenvalue weighted by molar-refractivity contribution is -0.144. The van der Waals surface area contributed by atoms with Crippen LogP contribution in [0.25, 0.3) is 72.9 Å². The van der Waals surface area contributed by atoms with Gasteiger partial charge in [0.1, 0.15) is 12.7 Å². The van der Waals surface area contributed by atoms with Gasteiger partial charge in [-0.1, -0.05) is 0 Å². The average Bonchev–Trinajstić information content (AvgIpc) is 3.99. The van der Waals surface area contributed by atoms with Gasteiger partial charge >= 0.3 is 6.18 Å². The molecule has 7 heterocycles. The van der Waals surface area contributed by atoms with E-state index in [1.54, 1.807) is 21.8 Å². The summed E-state index contributed by atoms with van der Waals surface area (Å²) in [5.41, 5.74) is 6.69. The normalized spacial score (nSPS) is 12.6. The highest BCUT2D eigenvalue weighted by molar-refractivity contribution is 6.08. The molecule has 0 aliphatic heterocycles. The monoisotopic (exact) mass is 739 g/mol. The van der Waals surface area contributed by atoms with Crippen LogP contribution in [0.5, 0.6) is 0 Å². The predicted octanol–water partition coefficient (Wildman–Crippen LogP) is 8.18. The number of nitrogens with zero attached hydrogens (tertiary/aromatic N) is 11. The molecule has 0 saturated heterocycles. The summed E-state index contributed by atoms with van der Waals surface area (Å²) in [6, 6.07) is 19.7. The Morgan fingerprint density at radius 2 is 1.02 bits per heavy atom. The fraction of sp³-hybridized carbons (Fsp3) is 0.179. The Bertz CT molecular complexity index is 2850. The summed E-state index contributed by atoms with van der Waals surface area (Å²) in [4.78, 5) is 27.0. The van der Waals surface area contributed by atoms with Crippen molar-refractivity contribution in [2.45, 2.75) is 46.0 Å². The van der Waals surface area contributed by atoms with E-state index in [9.17, 15) is 13.2 Å². The molecule has 0 fully saturated rings. The van der Waals surface area contributed by atoms with E-state index < -0.39 is 12.0 Å². The molecule has 16 heteroatoms. The van der Waals surface area contributed by atoms with Crippen LogP contribution in [0.1, 0.15) is 33.5 Å². The van der Waals surface area contributed by atoms with Crippen LogP contribution in [0.3, 0.4) is 0 Å². The van der Waals surface area contributed by atoms with Gasteiger partial charge in [0.05, 0.1) is 39.0 Å². The number of hydrogen-bond donors (Lipinski definition) is 2. The minimum absolute atomic E-state index is 0.0607. The molecule has 13 nitrogen and oxygen atoms in total. The first-order valence-corrected chi connectivity index (χ1v) is 17.7. The number of hydrogen-bond acceptors (Lipinski definition) is 8. The van der Waals surface area contributed by atoms with Crippen molar-refractivity contribution < 1.29 is 13.2 Å². The second kappa shape index (κ2) is 11.8. The van der Waals surface area contributed by atoms with E-state index in [2.05, 4.69) is 20.6 Å². The summed E-state index contributed by atoms with van der Waals surface area (Å²) in [7, 11) is 0. The Morgan fingerprint density at radius 1 is 0.582 bits per heavy atom. The van der Waals surface area contributed by atoms with Gasteiger partial charge in [0.2, 0.25) is 17.4 Å². The van der Waals surface area contributed by atoms with Crippen molar-refractivity contribution >= 4 is 61.3 Å². The maximum Gasteiger partial charge on any atom is 0.451 e. The predicted molar refractivity (Wildman–Crippen MR) is 205 cm³/mol. The van der Waals surface area contributed by atoms with Gasteiger partial charge in [0.15, 0.2) is 11.6 Å². The van der Waals surface area contributed by atoms with E-state index >= 15 is 0 Å². The minimum Gasteiger partial charge on any atom is -0.381 e. The topological polar surface area (TPSA) is 126 Å². The molecule has 0 aliphatic carbocycles. The summed E-state index contributed by atoms with van der Waals surface area (Å²) in [6.07, 6.45) is 6.23. The number of benzene rings is 2. The molecule has 0 unspecified atom stereocenters. The standard InChI is InChI=1S/C39H32F3N13/c1-21(2)45-29-17-23(51-11-5-6-12-51)15-27-32(29)53(19-43-27)34-25-9-10-26-31(25)55-37(47-34)49-36(39(40,41)42)50-38(55)48-35(26)54-20-44-28-16-24(52-13-7-8-14-52)18-30(33(28)54)46-22(3)4/h5-22,45-46H,1-4H3. The van der Waals surface area contributed by atoms with Crippen LogP contribution in [0, 0.1) is 0 Å². The zero-order valence-corrected chi connectivity index (χ0v) is 29.9. The van der Waals surface area contributed by atoms with Crippen LogP contribution >= 0.6 is 0 Å². The molecule has 3 aromatic carbocycles. The second-order valence-electron chi connectivity index (χ2n) is 14.1. The molecule has 55 heavy (non-hydrogen) atoms.